The van der Waals surface area contributed by atoms with Crippen molar-refractivity contribution in [3.8, 4) is 0 Å². The Hall–Kier alpha value is -1.68. The van der Waals surface area contributed by atoms with Crippen LogP contribution in [0, 0.1) is 18.6 Å². The van der Waals surface area contributed by atoms with Gasteiger partial charge in [-0.3, -0.25) is 0 Å². The predicted octanol–water partition coefficient (Wildman–Crippen LogP) is 3.93. The summed E-state index contributed by atoms with van der Waals surface area (Å²) < 4.78 is 26.4. The van der Waals surface area contributed by atoms with Crippen LogP contribution in [0.25, 0.3) is 0 Å². The summed E-state index contributed by atoms with van der Waals surface area (Å²) in [6.07, 6.45) is 1.59. The molecule has 0 aliphatic rings. The molecule has 0 spiro atoms. The van der Waals surface area contributed by atoms with Crippen LogP contribution >= 0.6 is 11.6 Å². The highest BCUT2D eigenvalue weighted by Crippen LogP contribution is 2.23. The van der Waals surface area contributed by atoms with E-state index in [0.29, 0.717) is 10.8 Å². The van der Waals surface area contributed by atoms with Crippen LogP contribution in [-0.2, 0) is 6.54 Å². The normalized spacial score (nSPS) is 10.4. The van der Waals surface area contributed by atoms with Crippen LogP contribution in [0.5, 0.6) is 0 Å². The fourth-order valence-electron chi connectivity index (χ4n) is 1.60. The number of nitrogens with zero attached hydrogens (tertiary/aromatic N) is 1. The van der Waals surface area contributed by atoms with E-state index in [1.54, 1.807) is 12.3 Å². The quantitative estimate of drug-likeness (QED) is 0.853. The van der Waals surface area contributed by atoms with Gasteiger partial charge in [-0.05, 0) is 36.8 Å². The van der Waals surface area contributed by atoms with E-state index in [0.717, 1.165) is 23.8 Å². The molecule has 0 fully saturated rings. The van der Waals surface area contributed by atoms with Crippen molar-refractivity contribution in [1.82, 2.24) is 4.98 Å². The molecular formula is C13H11ClF2N2. The molecule has 0 radical (unpaired) electrons. The highest BCUT2D eigenvalue weighted by atomic mass is 35.5. The van der Waals surface area contributed by atoms with Gasteiger partial charge in [0.1, 0.15) is 11.6 Å². The van der Waals surface area contributed by atoms with E-state index >= 15 is 0 Å². The Morgan fingerprint density at radius 3 is 2.78 bits per heavy atom. The lowest BCUT2D eigenvalue weighted by molar-refractivity contribution is 0.587. The van der Waals surface area contributed by atoms with Gasteiger partial charge in [0, 0.05) is 18.3 Å². The van der Waals surface area contributed by atoms with Gasteiger partial charge in [0.15, 0.2) is 5.15 Å². The second-order valence-corrected chi connectivity index (χ2v) is 4.24. The monoisotopic (exact) mass is 268 g/mol. The van der Waals surface area contributed by atoms with Crippen molar-refractivity contribution in [3.63, 3.8) is 0 Å². The van der Waals surface area contributed by atoms with Gasteiger partial charge in [0.25, 0.3) is 0 Å². The fraction of sp³-hybridized carbons (Fsp3) is 0.154. The molecule has 1 heterocycles. The van der Waals surface area contributed by atoms with Crippen molar-refractivity contribution in [2.45, 2.75) is 13.5 Å². The predicted molar refractivity (Wildman–Crippen MR) is 67.7 cm³/mol. The van der Waals surface area contributed by atoms with Crippen molar-refractivity contribution >= 4 is 17.3 Å². The Kier molecular flexibility index (Phi) is 3.77. The zero-order chi connectivity index (χ0) is 13.1. The maximum absolute atomic E-state index is 13.4. The van der Waals surface area contributed by atoms with Crippen LogP contribution in [0.1, 0.15) is 11.1 Å². The van der Waals surface area contributed by atoms with Crippen molar-refractivity contribution in [3.05, 3.63) is 58.4 Å². The number of benzene rings is 1. The Bertz CT molecular complexity index is 553. The largest absolute Gasteiger partial charge is 0.378 e. The third kappa shape index (κ3) is 2.76. The number of nitrogens with one attached hydrogen (secondary N) is 1. The van der Waals surface area contributed by atoms with Gasteiger partial charge in [0.2, 0.25) is 0 Å². The first-order valence-electron chi connectivity index (χ1n) is 5.37. The molecule has 18 heavy (non-hydrogen) atoms. The number of hydrogen-bond donors (Lipinski definition) is 1. The number of anilines is 1. The summed E-state index contributed by atoms with van der Waals surface area (Å²) in [4.78, 5) is 3.93. The first-order chi connectivity index (χ1) is 8.58. The maximum Gasteiger partial charge on any atom is 0.152 e. The minimum absolute atomic E-state index is 0.149. The highest BCUT2D eigenvalue weighted by molar-refractivity contribution is 6.32. The highest BCUT2D eigenvalue weighted by Gasteiger charge is 2.07. The first-order valence-corrected chi connectivity index (χ1v) is 5.74. The lowest BCUT2D eigenvalue weighted by Crippen LogP contribution is -2.04. The molecule has 5 heteroatoms. The molecular weight excluding hydrogens is 258 g/mol. The summed E-state index contributed by atoms with van der Waals surface area (Å²) >= 11 is 5.93. The van der Waals surface area contributed by atoms with Gasteiger partial charge in [-0.25, -0.2) is 13.8 Å². The van der Waals surface area contributed by atoms with Crippen molar-refractivity contribution < 1.29 is 8.78 Å². The summed E-state index contributed by atoms with van der Waals surface area (Å²) in [6, 6.07) is 5.13. The minimum Gasteiger partial charge on any atom is -0.378 e. The molecule has 0 atom stereocenters. The Morgan fingerprint density at radius 2 is 2.06 bits per heavy atom. The number of aryl methyl sites for hydroxylation is 1. The third-order valence-electron chi connectivity index (χ3n) is 2.58. The summed E-state index contributed by atoms with van der Waals surface area (Å²) in [6.45, 7) is 2.01. The summed E-state index contributed by atoms with van der Waals surface area (Å²) in [5.74, 6) is -0.927. The molecule has 2 rings (SSSR count). The number of aromatic nitrogens is 1. The van der Waals surface area contributed by atoms with Gasteiger partial charge in [0.05, 0.1) is 5.69 Å². The molecule has 1 aromatic carbocycles. The molecule has 0 bridgehead atoms. The Labute approximate surface area is 109 Å². The molecule has 0 unspecified atom stereocenters. The Morgan fingerprint density at radius 1 is 1.28 bits per heavy atom. The molecule has 0 saturated heterocycles. The average Bonchev–Trinajstić information content (AvgIpc) is 2.33. The van der Waals surface area contributed by atoms with Crippen LogP contribution < -0.4 is 5.32 Å². The van der Waals surface area contributed by atoms with Crippen LogP contribution in [0.3, 0.4) is 0 Å². The van der Waals surface area contributed by atoms with Crippen molar-refractivity contribution in [1.29, 1.82) is 0 Å². The van der Waals surface area contributed by atoms with Crippen LogP contribution in [-0.4, -0.2) is 4.98 Å². The molecule has 0 aliphatic heterocycles. The van der Waals surface area contributed by atoms with E-state index in [9.17, 15) is 8.78 Å². The Balaban J connectivity index is 2.19. The topological polar surface area (TPSA) is 24.9 Å². The first kappa shape index (κ1) is 12.8. The molecule has 2 aromatic rings. The molecule has 2 nitrogen and oxygen atoms in total. The third-order valence-corrected chi connectivity index (χ3v) is 2.86. The molecule has 1 aromatic heterocycles. The van der Waals surface area contributed by atoms with E-state index in [1.807, 2.05) is 6.92 Å². The van der Waals surface area contributed by atoms with Crippen molar-refractivity contribution in [2.75, 3.05) is 5.32 Å². The standard InChI is InChI=1S/C13H11ClF2N2/c1-8-4-5-17-13(14)12(8)18-7-9-6-10(15)2-3-11(9)16/h2-6,18H,7H2,1H3. The van der Waals surface area contributed by atoms with E-state index in [2.05, 4.69) is 10.3 Å². The SMILES string of the molecule is Cc1ccnc(Cl)c1NCc1cc(F)ccc1F. The van der Waals surface area contributed by atoms with E-state index in [4.69, 9.17) is 11.6 Å². The van der Waals surface area contributed by atoms with Crippen LogP contribution in [0.15, 0.2) is 30.5 Å². The maximum atomic E-state index is 13.4. The van der Waals surface area contributed by atoms with E-state index in [-0.39, 0.29) is 12.1 Å². The smallest absolute Gasteiger partial charge is 0.152 e. The lowest BCUT2D eigenvalue weighted by atomic mass is 10.2. The zero-order valence-electron chi connectivity index (χ0n) is 9.67. The second kappa shape index (κ2) is 5.31. The van der Waals surface area contributed by atoms with Gasteiger partial charge >= 0.3 is 0 Å². The van der Waals surface area contributed by atoms with Crippen LogP contribution in [0.4, 0.5) is 14.5 Å². The lowest BCUT2D eigenvalue weighted by Gasteiger charge is -2.11. The molecule has 1 N–H and O–H groups in total. The minimum atomic E-state index is -0.470. The summed E-state index contributed by atoms with van der Waals surface area (Å²) in [5.41, 5.74) is 1.77. The molecule has 0 aliphatic carbocycles. The fourth-order valence-corrected chi connectivity index (χ4v) is 1.87. The zero-order valence-corrected chi connectivity index (χ0v) is 10.4. The van der Waals surface area contributed by atoms with Gasteiger partial charge < -0.3 is 5.32 Å². The number of halogens is 3. The van der Waals surface area contributed by atoms with Crippen LogP contribution in [0.2, 0.25) is 5.15 Å². The molecule has 0 saturated carbocycles. The number of pyridine rings is 1. The molecule has 0 amide bonds. The van der Waals surface area contributed by atoms with E-state index in [1.165, 1.54) is 0 Å². The molecule has 94 valence electrons. The van der Waals surface area contributed by atoms with Gasteiger partial charge in [-0.1, -0.05) is 11.6 Å². The number of rotatable bonds is 3. The van der Waals surface area contributed by atoms with Gasteiger partial charge in [-0.2, -0.15) is 0 Å². The summed E-state index contributed by atoms with van der Waals surface area (Å²) in [5, 5.41) is 3.28. The van der Waals surface area contributed by atoms with Gasteiger partial charge in [-0.15, -0.1) is 0 Å². The average molecular weight is 269 g/mol. The summed E-state index contributed by atoms with van der Waals surface area (Å²) in [7, 11) is 0. The van der Waals surface area contributed by atoms with Crippen molar-refractivity contribution in [2.24, 2.45) is 0 Å². The second-order valence-electron chi connectivity index (χ2n) is 3.88. The number of hydrogen-bond acceptors (Lipinski definition) is 2. The van der Waals surface area contributed by atoms with E-state index < -0.39 is 11.6 Å².